The Labute approximate surface area is 185 Å². The Morgan fingerprint density at radius 3 is 2.42 bits per heavy atom. The van der Waals surface area contributed by atoms with Gasteiger partial charge in [-0.3, -0.25) is 0 Å². The number of sulfonamides is 1. The van der Waals surface area contributed by atoms with Crippen molar-refractivity contribution in [3.63, 3.8) is 0 Å². The van der Waals surface area contributed by atoms with Crippen LogP contribution in [0.25, 0.3) is 0 Å². The minimum Gasteiger partial charge on any atom is -0.478 e. The molecule has 2 N–H and O–H groups in total. The summed E-state index contributed by atoms with van der Waals surface area (Å²) in [6.45, 7) is 1.73. The van der Waals surface area contributed by atoms with E-state index in [-0.39, 0.29) is 23.5 Å². The molecule has 0 bridgehead atoms. The predicted octanol–water partition coefficient (Wildman–Crippen LogP) is 5.05. The van der Waals surface area contributed by atoms with Crippen LogP contribution in [-0.2, 0) is 16.4 Å². The molecule has 0 radical (unpaired) electrons. The zero-order valence-corrected chi connectivity index (χ0v) is 18.0. The van der Waals surface area contributed by atoms with Gasteiger partial charge in [0, 0.05) is 14.0 Å². The number of hydrogen-bond acceptors (Lipinski definition) is 4. The van der Waals surface area contributed by atoms with Gasteiger partial charge >= 0.3 is 5.97 Å². The van der Waals surface area contributed by atoms with Crippen LogP contribution in [0, 0.1) is 12.7 Å². The lowest BCUT2D eigenvalue weighted by atomic mass is 10.1. The average Bonchev–Trinajstić information content (AvgIpc) is 2.72. The molecule has 3 aromatic rings. The van der Waals surface area contributed by atoms with Crippen molar-refractivity contribution in [2.24, 2.45) is 0 Å². The van der Waals surface area contributed by atoms with Crippen molar-refractivity contribution < 1.29 is 28.9 Å². The van der Waals surface area contributed by atoms with E-state index in [1.54, 1.807) is 31.2 Å². The summed E-state index contributed by atoms with van der Waals surface area (Å²) >= 11 is 5.74. The van der Waals surface area contributed by atoms with E-state index in [9.17, 15) is 22.7 Å². The van der Waals surface area contributed by atoms with Gasteiger partial charge < -0.3 is 9.84 Å². The lowest BCUT2D eigenvalue weighted by molar-refractivity contribution is 0.0696. The third kappa shape index (κ3) is 5.81. The molecule has 3 rings (SSSR count). The third-order valence-corrected chi connectivity index (χ3v) is 6.25. The van der Waals surface area contributed by atoms with Gasteiger partial charge in [-0.15, -0.1) is 0 Å². The second kappa shape index (κ2) is 9.47. The molecule has 0 aromatic heterocycles. The van der Waals surface area contributed by atoms with Crippen LogP contribution in [0.4, 0.5) is 4.39 Å². The number of carboxylic acid groups (broad SMARTS) is 1. The first kappa shape index (κ1) is 22.7. The zero-order chi connectivity index (χ0) is 22.6. The zero-order valence-electron chi connectivity index (χ0n) is 16.4. The van der Waals surface area contributed by atoms with Gasteiger partial charge in [0.05, 0.1) is 15.5 Å². The highest BCUT2D eigenvalue weighted by atomic mass is 35.5. The van der Waals surface area contributed by atoms with Crippen molar-refractivity contribution in [2.45, 2.75) is 18.2 Å². The Bertz CT molecular complexity index is 1220. The van der Waals surface area contributed by atoms with E-state index >= 15 is 0 Å². The van der Waals surface area contributed by atoms with Gasteiger partial charge in [0.25, 0.3) is 0 Å². The van der Waals surface area contributed by atoms with Crippen LogP contribution in [0.1, 0.15) is 22.9 Å². The van der Waals surface area contributed by atoms with Crippen LogP contribution < -0.4 is 9.46 Å². The van der Waals surface area contributed by atoms with Crippen LogP contribution >= 0.6 is 11.6 Å². The molecule has 164 valence electrons. The molecule has 0 unspecified atom stereocenters. The van der Waals surface area contributed by atoms with Crippen molar-refractivity contribution >= 4 is 27.6 Å². The Balaban J connectivity index is 0.00000363. The van der Waals surface area contributed by atoms with Gasteiger partial charge in [0.15, 0.2) is 0 Å². The van der Waals surface area contributed by atoms with Crippen molar-refractivity contribution in [2.75, 3.05) is 6.54 Å². The van der Waals surface area contributed by atoms with Gasteiger partial charge in [-0.1, -0.05) is 29.8 Å². The summed E-state index contributed by atoms with van der Waals surface area (Å²) in [7, 11) is -3.84. The van der Waals surface area contributed by atoms with Crippen LogP contribution in [0.5, 0.6) is 11.5 Å². The second-order valence-corrected chi connectivity index (χ2v) is 8.93. The summed E-state index contributed by atoms with van der Waals surface area (Å²) in [5.41, 5.74) is 1.29. The SMILES string of the molecule is Cc1ccc(S(=O)(=O)NCCc2ccc(Oc3ccc(F)c(Cl)c3)cc2)cc1C(=O)O.[HH]. The fourth-order valence-electron chi connectivity index (χ4n) is 2.81. The molecule has 0 heterocycles. The van der Waals surface area contributed by atoms with Crippen LogP contribution in [0.3, 0.4) is 0 Å². The monoisotopic (exact) mass is 465 g/mol. The maximum absolute atomic E-state index is 13.2. The van der Waals surface area contributed by atoms with Crippen LogP contribution in [0.2, 0.25) is 5.02 Å². The van der Waals surface area contributed by atoms with Crippen LogP contribution in [-0.4, -0.2) is 26.0 Å². The number of ether oxygens (including phenoxy) is 1. The van der Waals surface area contributed by atoms with E-state index in [2.05, 4.69) is 4.72 Å². The number of nitrogens with one attached hydrogen (secondary N) is 1. The Kier molecular flexibility index (Phi) is 6.94. The Morgan fingerprint density at radius 1 is 1.10 bits per heavy atom. The quantitative estimate of drug-likeness (QED) is 0.486. The van der Waals surface area contributed by atoms with Gasteiger partial charge in [0.2, 0.25) is 10.0 Å². The molecule has 9 heteroatoms. The summed E-state index contributed by atoms with van der Waals surface area (Å²) < 4.78 is 46.2. The largest absolute Gasteiger partial charge is 0.478 e. The standard InChI is InChI=1S/C22H19ClFNO5S.H2/c1-14-2-8-18(13-19(14)22(26)27)31(28,29)25-11-10-15-3-5-16(6-4-15)30-17-7-9-21(24)20(23)12-17;/h2-9,12-13,25H,10-11H2,1H3,(H,26,27);1H. The lowest BCUT2D eigenvalue weighted by Gasteiger charge is -2.10. The molecule has 0 saturated heterocycles. The van der Waals surface area contributed by atoms with Gasteiger partial charge in [0.1, 0.15) is 17.3 Å². The number of aryl methyl sites for hydroxylation is 1. The second-order valence-electron chi connectivity index (χ2n) is 6.75. The number of rotatable bonds is 8. The summed E-state index contributed by atoms with van der Waals surface area (Å²) in [5.74, 6) is -0.796. The molecule has 0 fully saturated rings. The van der Waals surface area contributed by atoms with Gasteiger partial charge in [-0.2, -0.15) is 0 Å². The van der Waals surface area contributed by atoms with E-state index in [0.29, 0.717) is 23.5 Å². The van der Waals surface area contributed by atoms with Crippen molar-refractivity contribution in [1.29, 1.82) is 0 Å². The number of aromatic carboxylic acids is 1. The van der Waals surface area contributed by atoms with Crippen LogP contribution in [0.15, 0.2) is 65.6 Å². The fraction of sp³-hybridized carbons (Fsp3) is 0.136. The summed E-state index contributed by atoms with van der Waals surface area (Å²) in [5, 5.41) is 9.14. The van der Waals surface area contributed by atoms with E-state index in [1.807, 2.05) is 0 Å². The van der Waals surface area contributed by atoms with E-state index in [0.717, 1.165) is 11.6 Å². The highest BCUT2D eigenvalue weighted by molar-refractivity contribution is 7.89. The maximum Gasteiger partial charge on any atom is 0.335 e. The minimum atomic E-state index is -3.84. The molecule has 0 amide bonds. The number of carbonyl (C=O) groups is 1. The molecule has 0 spiro atoms. The first-order valence-corrected chi connectivity index (χ1v) is 11.1. The molecule has 0 aliphatic heterocycles. The number of halogens is 2. The van der Waals surface area contributed by atoms with Crippen molar-refractivity contribution in [3.05, 3.63) is 88.2 Å². The third-order valence-electron chi connectivity index (χ3n) is 4.51. The molecule has 0 aliphatic carbocycles. The highest BCUT2D eigenvalue weighted by Crippen LogP contribution is 2.26. The summed E-state index contributed by atoms with van der Waals surface area (Å²) in [6.07, 6.45) is 0.416. The predicted molar refractivity (Wildman–Crippen MR) is 117 cm³/mol. The van der Waals surface area contributed by atoms with E-state index < -0.39 is 21.8 Å². The topological polar surface area (TPSA) is 92.7 Å². The Morgan fingerprint density at radius 2 is 1.77 bits per heavy atom. The van der Waals surface area contributed by atoms with E-state index in [1.165, 1.54) is 30.3 Å². The van der Waals surface area contributed by atoms with E-state index in [4.69, 9.17) is 16.3 Å². The Hall–Kier alpha value is -2.94. The average molecular weight is 466 g/mol. The molecule has 31 heavy (non-hydrogen) atoms. The van der Waals surface area contributed by atoms with Crippen molar-refractivity contribution in [3.8, 4) is 11.5 Å². The first-order valence-electron chi connectivity index (χ1n) is 9.21. The van der Waals surface area contributed by atoms with Gasteiger partial charge in [-0.05, 0) is 60.9 Å². The fourth-order valence-corrected chi connectivity index (χ4v) is 4.04. The van der Waals surface area contributed by atoms with Crippen molar-refractivity contribution in [1.82, 2.24) is 4.72 Å². The number of hydrogen-bond donors (Lipinski definition) is 2. The summed E-state index contributed by atoms with van der Waals surface area (Å²) in [6, 6.07) is 15.0. The molecule has 0 saturated carbocycles. The molecule has 3 aromatic carbocycles. The molecular formula is C22H21ClFNO5S. The maximum atomic E-state index is 13.2. The normalized spacial score (nSPS) is 11.3. The lowest BCUT2D eigenvalue weighted by Crippen LogP contribution is -2.26. The number of benzene rings is 3. The molecule has 0 aliphatic rings. The highest BCUT2D eigenvalue weighted by Gasteiger charge is 2.17. The minimum absolute atomic E-state index is 0. The molecule has 0 atom stereocenters. The van der Waals surface area contributed by atoms with Gasteiger partial charge in [-0.25, -0.2) is 22.3 Å². The molecule has 6 nitrogen and oxygen atoms in total. The smallest absolute Gasteiger partial charge is 0.335 e. The molecular weight excluding hydrogens is 445 g/mol. The number of carboxylic acids is 1. The first-order chi connectivity index (χ1) is 14.7. The summed E-state index contributed by atoms with van der Waals surface area (Å²) in [4.78, 5) is 11.1.